The molecular formula is C27H29FN4O5S2. The van der Waals surface area contributed by atoms with Crippen molar-refractivity contribution in [1.82, 2.24) is 13.5 Å². The van der Waals surface area contributed by atoms with Gasteiger partial charge >= 0.3 is 0 Å². The summed E-state index contributed by atoms with van der Waals surface area (Å²) in [7, 11) is -8.03. The van der Waals surface area contributed by atoms with Gasteiger partial charge < -0.3 is 9.80 Å². The number of rotatable bonds is 6. The molecule has 2 aliphatic heterocycles. The van der Waals surface area contributed by atoms with Crippen LogP contribution in [0.15, 0.2) is 94.7 Å². The summed E-state index contributed by atoms with van der Waals surface area (Å²) in [5.41, 5.74) is 0.440. The van der Waals surface area contributed by atoms with Gasteiger partial charge in [-0.15, -0.1) is 0 Å². The highest BCUT2D eigenvalue weighted by Crippen LogP contribution is 2.27. The first-order chi connectivity index (χ1) is 18.7. The average molecular weight is 573 g/mol. The number of carbonyl (C=O) groups is 1. The predicted molar refractivity (Wildman–Crippen MR) is 145 cm³/mol. The molecule has 206 valence electrons. The summed E-state index contributed by atoms with van der Waals surface area (Å²) in [6, 6.07) is 20.8. The van der Waals surface area contributed by atoms with Crippen molar-refractivity contribution in [2.24, 2.45) is 0 Å². The van der Waals surface area contributed by atoms with E-state index in [1.54, 1.807) is 54.6 Å². The van der Waals surface area contributed by atoms with Gasteiger partial charge in [0, 0.05) is 45.8 Å². The minimum Gasteiger partial charge on any atom is -0.366 e. The van der Waals surface area contributed by atoms with E-state index in [4.69, 9.17) is 0 Å². The van der Waals surface area contributed by atoms with E-state index in [9.17, 15) is 26.0 Å². The van der Waals surface area contributed by atoms with Crippen LogP contribution in [0.2, 0.25) is 0 Å². The van der Waals surface area contributed by atoms with Crippen LogP contribution in [0.3, 0.4) is 0 Å². The molecule has 0 radical (unpaired) electrons. The number of benzene rings is 3. The van der Waals surface area contributed by atoms with Crippen LogP contribution in [-0.4, -0.2) is 88.1 Å². The molecule has 0 unspecified atom stereocenters. The normalized spacial score (nSPS) is 19.7. The number of halogens is 1. The van der Waals surface area contributed by atoms with Crippen LogP contribution < -0.4 is 4.90 Å². The van der Waals surface area contributed by atoms with E-state index in [1.165, 1.54) is 39.5 Å². The fraction of sp³-hybridized carbons (Fsp3) is 0.296. The van der Waals surface area contributed by atoms with Crippen LogP contribution in [0, 0.1) is 5.82 Å². The molecule has 2 aliphatic rings. The van der Waals surface area contributed by atoms with Crippen LogP contribution in [0.5, 0.6) is 0 Å². The molecular weight excluding hydrogens is 543 g/mol. The monoisotopic (exact) mass is 572 g/mol. The number of carbonyl (C=O) groups excluding carboxylic acids is 1. The highest BCUT2D eigenvalue weighted by atomic mass is 32.2. The quantitative estimate of drug-likeness (QED) is 0.450. The Hall–Kier alpha value is -3.32. The molecule has 2 heterocycles. The topological polar surface area (TPSA) is 98.3 Å². The maximum absolute atomic E-state index is 14.3. The van der Waals surface area contributed by atoms with Gasteiger partial charge in [0.25, 0.3) is 0 Å². The number of piperazine rings is 2. The van der Waals surface area contributed by atoms with Gasteiger partial charge in [-0.25, -0.2) is 21.2 Å². The van der Waals surface area contributed by atoms with E-state index >= 15 is 0 Å². The Morgan fingerprint density at radius 1 is 0.667 bits per heavy atom. The Balaban J connectivity index is 1.41. The molecule has 1 atom stereocenters. The van der Waals surface area contributed by atoms with Gasteiger partial charge in [0.15, 0.2) is 0 Å². The first-order valence-electron chi connectivity index (χ1n) is 12.6. The highest BCUT2D eigenvalue weighted by molar-refractivity contribution is 7.89. The van der Waals surface area contributed by atoms with Crippen LogP contribution in [0.25, 0.3) is 0 Å². The van der Waals surface area contributed by atoms with Crippen molar-refractivity contribution in [3.05, 3.63) is 90.7 Å². The van der Waals surface area contributed by atoms with Crippen LogP contribution in [-0.2, 0) is 24.8 Å². The maximum Gasteiger partial charge on any atom is 0.243 e. The summed E-state index contributed by atoms with van der Waals surface area (Å²) in [5.74, 6) is -0.831. The van der Waals surface area contributed by atoms with Gasteiger partial charge in [-0.2, -0.15) is 8.61 Å². The van der Waals surface area contributed by atoms with Crippen molar-refractivity contribution in [2.45, 2.75) is 15.8 Å². The molecule has 0 N–H and O–H groups in total. The van der Waals surface area contributed by atoms with Crippen LogP contribution in [0.1, 0.15) is 0 Å². The molecule has 9 nitrogen and oxygen atoms in total. The lowest BCUT2D eigenvalue weighted by Gasteiger charge is -2.43. The van der Waals surface area contributed by atoms with Crippen molar-refractivity contribution in [1.29, 1.82) is 0 Å². The lowest BCUT2D eigenvalue weighted by molar-refractivity contribution is -0.136. The predicted octanol–water partition coefficient (Wildman–Crippen LogP) is 2.24. The van der Waals surface area contributed by atoms with E-state index in [-0.39, 0.29) is 48.3 Å². The Morgan fingerprint density at radius 2 is 1.21 bits per heavy atom. The molecule has 3 aromatic rings. The molecule has 2 saturated heterocycles. The van der Waals surface area contributed by atoms with Crippen molar-refractivity contribution >= 4 is 31.6 Å². The summed E-state index contributed by atoms with van der Waals surface area (Å²) >= 11 is 0. The number of amides is 1. The van der Waals surface area contributed by atoms with E-state index in [2.05, 4.69) is 0 Å². The van der Waals surface area contributed by atoms with E-state index in [1.807, 2.05) is 4.90 Å². The molecule has 0 aromatic heterocycles. The number of sulfonamides is 2. The van der Waals surface area contributed by atoms with Gasteiger partial charge in [-0.05, 0) is 36.4 Å². The third-order valence-corrected chi connectivity index (χ3v) is 10.9. The molecule has 0 aliphatic carbocycles. The van der Waals surface area contributed by atoms with Gasteiger partial charge in [0.05, 0.1) is 15.5 Å². The smallest absolute Gasteiger partial charge is 0.243 e. The number of para-hydroxylation sites is 1. The van der Waals surface area contributed by atoms with Crippen molar-refractivity contribution in [2.75, 3.05) is 50.7 Å². The molecule has 0 spiro atoms. The number of anilines is 1. The van der Waals surface area contributed by atoms with Crippen molar-refractivity contribution in [3.8, 4) is 0 Å². The number of hydrogen-bond donors (Lipinski definition) is 0. The fourth-order valence-corrected chi connectivity index (χ4v) is 8.05. The Morgan fingerprint density at radius 3 is 1.79 bits per heavy atom. The lowest BCUT2D eigenvalue weighted by Crippen LogP contribution is -2.63. The Labute approximate surface area is 228 Å². The minimum absolute atomic E-state index is 0.0338. The largest absolute Gasteiger partial charge is 0.366 e. The Bertz CT molecular complexity index is 1530. The van der Waals surface area contributed by atoms with Crippen LogP contribution >= 0.6 is 0 Å². The number of hydrogen-bond acceptors (Lipinski definition) is 6. The molecule has 0 saturated carbocycles. The zero-order valence-electron chi connectivity index (χ0n) is 21.1. The first-order valence-corrected chi connectivity index (χ1v) is 15.5. The highest BCUT2D eigenvalue weighted by Gasteiger charge is 2.45. The molecule has 2 fully saturated rings. The average Bonchev–Trinajstić information content (AvgIpc) is 2.98. The summed E-state index contributed by atoms with van der Waals surface area (Å²) in [4.78, 5) is 17.4. The van der Waals surface area contributed by atoms with Gasteiger partial charge in [-0.1, -0.05) is 48.5 Å². The molecule has 3 aromatic carbocycles. The molecule has 39 heavy (non-hydrogen) atoms. The van der Waals surface area contributed by atoms with Crippen molar-refractivity contribution < 1.29 is 26.0 Å². The minimum atomic E-state index is -4.08. The third kappa shape index (κ3) is 5.42. The Kier molecular flexibility index (Phi) is 7.72. The second-order valence-electron chi connectivity index (χ2n) is 9.38. The zero-order chi connectivity index (χ0) is 27.6. The second kappa shape index (κ2) is 11.0. The SMILES string of the molecule is O=C([C@H]1CN(S(=O)(=O)c2ccccc2)CCN1S(=O)(=O)c1ccccc1)N1CCN(c2ccccc2F)CC1. The summed E-state index contributed by atoms with van der Waals surface area (Å²) in [6.45, 7) is 0.634. The first kappa shape index (κ1) is 27.3. The molecule has 5 rings (SSSR count). The van der Waals surface area contributed by atoms with Crippen molar-refractivity contribution in [3.63, 3.8) is 0 Å². The standard InChI is InChI=1S/C27H29FN4O5S2/c28-24-13-7-8-14-25(24)29-15-17-30(18-16-29)27(33)26-21-31(38(34,35)22-9-3-1-4-10-22)19-20-32(26)39(36,37)23-11-5-2-6-12-23/h1-14,26H,15-21H2/t26-/m1/s1. The fourth-order valence-electron chi connectivity index (χ4n) is 5.00. The maximum atomic E-state index is 14.3. The van der Waals surface area contributed by atoms with E-state index < -0.39 is 32.0 Å². The van der Waals surface area contributed by atoms with E-state index in [0.29, 0.717) is 18.8 Å². The summed E-state index contributed by atoms with van der Waals surface area (Å²) < 4.78 is 70.6. The molecule has 12 heteroatoms. The molecule has 0 bridgehead atoms. The van der Waals surface area contributed by atoms with Crippen LogP contribution in [0.4, 0.5) is 10.1 Å². The third-order valence-electron chi connectivity index (χ3n) is 7.09. The zero-order valence-corrected chi connectivity index (χ0v) is 22.8. The lowest BCUT2D eigenvalue weighted by atomic mass is 10.1. The van der Waals surface area contributed by atoms with Gasteiger partial charge in [-0.3, -0.25) is 4.79 Å². The summed E-state index contributed by atoms with van der Waals surface area (Å²) in [5, 5.41) is 0. The number of nitrogens with zero attached hydrogens (tertiary/aromatic N) is 4. The molecule has 1 amide bonds. The van der Waals surface area contributed by atoms with E-state index in [0.717, 1.165) is 4.31 Å². The summed E-state index contributed by atoms with van der Waals surface area (Å²) in [6.07, 6.45) is 0. The van der Waals surface area contributed by atoms with Gasteiger partial charge in [0.1, 0.15) is 11.9 Å². The van der Waals surface area contributed by atoms with Gasteiger partial charge in [0.2, 0.25) is 26.0 Å². The second-order valence-corrected chi connectivity index (χ2v) is 13.2.